The Hall–Kier alpha value is -5.73. The van der Waals surface area contributed by atoms with Crippen molar-refractivity contribution in [3.63, 3.8) is 0 Å². The fourth-order valence-electron chi connectivity index (χ4n) is 6.71. The smallest absolute Gasteiger partial charge is 0.134 e. The lowest BCUT2D eigenvalue weighted by Gasteiger charge is -2.21. The van der Waals surface area contributed by atoms with Crippen LogP contribution in [0.1, 0.15) is 16.7 Å². The molecule has 3 nitrogen and oxygen atoms in total. The number of benzene rings is 6. The van der Waals surface area contributed by atoms with E-state index in [1.54, 1.807) is 12.1 Å². The van der Waals surface area contributed by atoms with Crippen molar-refractivity contribution < 1.29 is 8.78 Å². The van der Waals surface area contributed by atoms with Gasteiger partial charge in [0.2, 0.25) is 0 Å². The van der Waals surface area contributed by atoms with E-state index in [2.05, 4.69) is 30.3 Å². The number of hydrogen-bond acceptors (Lipinski definition) is 1. The molecule has 8 aromatic rings. The first kappa shape index (κ1) is 25.9. The number of para-hydroxylation sites is 2. The molecule has 0 saturated carbocycles. The highest BCUT2D eigenvalue weighted by atomic mass is 19.1. The normalized spacial score (nSPS) is 11.6. The number of hydrogen-bond donors (Lipinski definition) is 0. The van der Waals surface area contributed by atoms with E-state index < -0.39 is 11.6 Å². The van der Waals surface area contributed by atoms with Crippen molar-refractivity contribution in [3.05, 3.63) is 144 Å². The minimum Gasteiger partial charge on any atom is -0.308 e. The van der Waals surface area contributed by atoms with Crippen molar-refractivity contribution in [1.29, 1.82) is 5.26 Å². The lowest BCUT2D eigenvalue weighted by molar-refractivity contribution is 0.589. The summed E-state index contributed by atoms with van der Waals surface area (Å²) in [5, 5.41) is 14.4. The predicted molar refractivity (Wildman–Crippen MR) is 175 cm³/mol. The van der Waals surface area contributed by atoms with Gasteiger partial charge in [-0.2, -0.15) is 5.26 Å². The van der Waals surface area contributed by atoms with Crippen LogP contribution in [0.25, 0.3) is 66.1 Å². The summed E-state index contributed by atoms with van der Waals surface area (Å²) in [6.07, 6.45) is 0. The minimum absolute atomic E-state index is 0.141. The van der Waals surface area contributed by atoms with Crippen LogP contribution in [0.5, 0.6) is 0 Å². The molecule has 0 saturated heterocycles. The molecular weight excluding hydrogens is 548 g/mol. The molecule has 2 heterocycles. The zero-order chi connectivity index (χ0) is 30.1. The molecule has 0 atom stereocenters. The molecule has 0 radical (unpaired) electrons. The topological polar surface area (TPSA) is 33.6 Å². The van der Waals surface area contributed by atoms with Gasteiger partial charge in [-0.3, -0.25) is 0 Å². The largest absolute Gasteiger partial charge is 0.308 e. The molecule has 0 fully saturated rings. The zero-order valence-electron chi connectivity index (χ0n) is 24.1. The SMILES string of the molecule is Cc1ccc2c(c1)c1ccccc1n2-c1cc(C#N)cc(-n2c3ccccc3c3cc(C)ccc32)c1-c1c(F)cccc1F. The number of rotatable bonds is 3. The number of nitriles is 1. The molecular formula is C39H25F2N3. The Balaban J connectivity index is 1.63. The second-order valence-electron chi connectivity index (χ2n) is 11.3. The van der Waals surface area contributed by atoms with E-state index in [4.69, 9.17) is 0 Å². The summed E-state index contributed by atoms with van der Waals surface area (Å²) in [7, 11) is 0. The van der Waals surface area contributed by atoms with Gasteiger partial charge in [-0.25, -0.2) is 8.78 Å². The van der Waals surface area contributed by atoms with Crippen molar-refractivity contribution >= 4 is 43.6 Å². The zero-order valence-corrected chi connectivity index (χ0v) is 24.1. The van der Waals surface area contributed by atoms with Gasteiger partial charge in [-0.05, 0) is 74.5 Å². The van der Waals surface area contributed by atoms with Gasteiger partial charge in [-0.15, -0.1) is 0 Å². The van der Waals surface area contributed by atoms with E-state index in [0.717, 1.165) is 54.7 Å². The van der Waals surface area contributed by atoms with Gasteiger partial charge in [0.15, 0.2) is 0 Å². The summed E-state index contributed by atoms with van der Waals surface area (Å²) < 4.78 is 36.1. The monoisotopic (exact) mass is 573 g/mol. The van der Waals surface area contributed by atoms with Crippen LogP contribution in [0.4, 0.5) is 8.78 Å². The minimum atomic E-state index is -0.676. The first-order chi connectivity index (χ1) is 21.4. The maximum atomic E-state index is 16.0. The van der Waals surface area contributed by atoms with E-state index in [0.29, 0.717) is 22.5 Å². The average molecular weight is 574 g/mol. The van der Waals surface area contributed by atoms with E-state index >= 15 is 8.78 Å². The van der Waals surface area contributed by atoms with Crippen molar-refractivity contribution in [2.75, 3.05) is 0 Å². The Labute approximate surface area is 252 Å². The number of fused-ring (bicyclic) bond motifs is 6. The summed E-state index contributed by atoms with van der Waals surface area (Å²) >= 11 is 0. The lowest BCUT2D eigenvalue weighted by atomic mass is 9.97. The second-order valence-corrected chi connectivity index (χ2v) is 11.3. The van der Waals surface area contributed by atoms with Gasteiger partial charge < -0.3 is 9.13 Å². The number of halogens is 2. The summed E-state index contributed by atoms with van der Waals surface area (Å²) in [5.41, 5.74) is 7.39. The molecule has 0 bridgehead atoms. The molecule has 0 unspecified atom stereocenters. The molecule has 6 aromatic carbocycles. The summed E-state index contributed by atoms with van der Waals surface area (Å²) in [5.74, 6) is -1.35. The molecule has 0 aliphatic heterocycles. The quantitative estimate of drug-likeness (QED) is 0.207. The van der Waals surface area contributed by atoms with Crippen LogP contribution >= 0.6 is 0 Å². The highest BCUT2D eigenvalue weighted by Gasteiger charge is 2.26. The molecule has 210 valence electrons. The summed E-state index contributed by atoms with van der Waals surface area (Å²) in [6.45, 7) is 4.09. The van der Waals surface area contributed by atoms with Crippen LogP contribution in [0.3, 0.4) is 0 Å². The van der Waals surface area contributed by atoms with Crippen LogP contribution < -0.4 is 0 Å². The van der Waals surface area contributed by atoms with Crippen molar-refractivity contribution in [2.24, 2.45) is 0 Å². The van der Waals surface area contributed by atoms with Gasteiger partial charge in [0.05, 0.1) is 50.6 Å². The Morgan fingerprint density at radius 1 is 0.500 bits per heavy atom. The standard InChI is InChI=1S/C39H25F2N3/c1-23-14-16-34-28(18-23)26-8-3-5-12-32(26)43(34)36-20-25(22-42)21-37(39(36)38-30(40)10-7-11-31(38)41)44-33-13-6-4-9-27(33)29-19-24(2)15-17-35(29)44/h3-21H,1-2H3. The number of aryl methyl sites for hydroxylation is 2. The van der Waals surface area contributed by atoms with Gasteiger partial charge in [-0.1, -0.05) is 65.7 Å². The Morgan fingerprint density at radius 3 is 1.43 bits per heavy atom. The Bertz CT molecular complexity index is 2350. The molecule has 8 rings (SSSR count). The molecule has 0 aliphatic rings. The van der Waals surface area contributed by atoms with Crippen LogP contribution in [0.2, 0.25) is 0 Å². The fourth-order valence-corrected chi connectivity index (χ4v) is 6.71. The third-order valence-corrected chi connectivity index (χ3v) is 8.58. The number of nitrogens with zero attached hydrogens (tertiary/aromatic N) is 3. The van der Waals surface area contributed by atoms with Crippen molar-refractivity contribution in [3.8, 4) is 28.6 Å². The van der Waals surface area contributed by atoms with Gasteiger partial charge in [0.25, 0.3) is 0 Å². The van der Waals surface area contributed by atoms with Crippen LogP contribution in [-0.2, 0) is 0 Å². The van der Waals surface area contributed by atoms with Crippen molar-refractivity contribution in [2.45, 2.75) is 13.8 Å². The van der Waals surface area contributed by atoms with Crippen LogP contribution in [0.15, 0.2) is 115 Å². The molecule has 0 spiro atoms. The van der Waals surface area contributed by atoms with E-state index in [1.165, 1.54) is 18.2 Å². The summed E-state index contributed by atoms with van der Waals surface area (Å²) in [4.78, 5) is 0. The first-order valence-electron chi connectivity index (χ1n) is 14.5. The number of aromatic nitrogens is 2. The third-order valence-electron chi connectivity index (χ3n) is 8.58. The Kier molecular flexibility index (Phi) is 5.69. The highest BCUT2D eigenvalue weighted by molar-refractivity contribution is 6.12. The first-order valence-corrected chi connectivity index (χ1v) is 14.5. The van der Waals surface area contributed by atoms with Crippen molar-refractivity contribution in [1.82, 2.24) is 9.13 Å². The predicted octanol–water partition coefficient (Wildman–Crippen LogP) is 10.3. The maximum Gasteiger partial charge on any atom is 0.134 e. The molecule has 0 amide bonds. The van der Waals surface area contributed by atoms with Crippen LogP contribution in [-0.4, -0.2) is 9.13 Å². The maximum absolute atomic E-state index is 16.0. The van der Waals surface area contributed by atoms with E-state index in [-0.39, 0.29) is 5.56 Å². The highest BCUT2D eigenvalue weighted by Crippen LogP contribution is 2.44. The second kappa shape index (κ2) is 9.65. The molecule has 0 aliphatic carbocycles. The molecule has 0 N–H and O–H groups in total. The third kappa shape index (κ3) is 3.71. The molecule has 44 heavy (non-hydrogen) atoms. The van der Waals surface area contributed by atoms with E-state index in [1.807, 2.05) is 83.6 Å². The molecule has 2 aromatic heterocycles. The molecule has 5 heteroatoms. The lowest BCUT2D eigenvalue weighted by Crippen LogP contribution is -2.07. The van der Waals surface area contributed by atoms with E-state index in [9.17, 15) is 5.26 Å². The Morgan fingerprint density at radius 2 is 0.955 bits per heavy atom. The van der Waals surface area contributed by atoms with Gasteiger partial charge in [0, 0.05) is 27.1 Å². The fraction of sp³-hybridized carbons (Fsp3) is 0.0513. The average Bonchev–Trinajstić information content (AvgIpc) is 3.53. The summed E-state index contributed by atoms with van der Waals surface area (Å²) in [6, 6.07) is 38.2. The van der Waals surface area contributed by atoms with Gasteiger partial charge in [0.1, 0.15) is 11.6 Å². The van der Waals surface area contributed by atoms with Crippen LogP contribution in [0, 0.1) is 36.8 Å². The van der Waals surface area contributed by atoms with Gasteiger partial charge >= 0.3 is 0 Å².